The Balaban J connectivity index is 1.78. The highest BCUT2D eigenvalue weighted by molar-refractivity contribution is 9.10. The summed E-state index contributed by atoms with van der Waals surface area (Å²) in [5.41, 5.74) is 7.16. The average molecular weight is 380 g/mol. The normalized spacial score (nSPS) is 13.0. The summed E-state index contributed by atoms with van der Waals surface area (Å²) in [7, 11) is 1.89. The van der Waals surface area contributed by atoms with Gasteiger partial charge in [-0.3, -0.25) is 0 Å². The van der Waals surface area contributed by atoms with Gasteiger partial charge in [-0.25, -0.2) is 15.0 Å². The molecule has 0 saturated heterocycles. The fourth-order valence-corrected chi connectivity index (χ4v) is 3.61. The topological polar surface area (TPSA) is 88.1 Å². The molecule has 0 radical (unpaired) electrons. The molecule has 0 saturated carbocycles. The van der Waals surface area contributed by atoms with Crippen molar-refractivity contribution in [1.82, 2.24) is 19.5 Å². The predicted molar refractivity (Wildman–Crippen MR) is 85.1 cm³/mol. The molecule has 1 aliphatic rings. The van der Waals surface area contributed by atoms with Crippen LogP contribution in [-0.4, -0.2) is 26.3 Å². The van der Waals surface area contributed by atoms with Crippen molar-refractivity contribution in [3.8, 4) is 11.5 Å². The Morgan fingerprint density at radius 1 is 1.27 bits per heavy atom. The molecule has 4 rings (SSSR count). The van der Waals surface area contributed by atoms with Gasteiger partial charge in [0.25, 0.3) is 0 Å². The molecule has 112 valence electrons. The predicted octanol–water partition coefficient (Wildman–Crippen LogP) is 2.59. The third-order valence-corrected chi connectivity index (χ3v) is 5.30. The van der Waals surface area contributed by atoms with Gasteiger partial charge in [0.15, 0.2) is 33.6 Å². The molecule has 0 bridgehead atoms. The van der Waals surface area contributed by atoms with Crippen LogP contribution in [0.4, 0.5) is 5.82 Å². The molecule has 1 aliphatic heterocycles. The van der Waals surface area contributed by atoms with Crippen LogP contribution >= 0.6 is 27.7 Å². The van der Waals surface area contributed by atoms with E-state index >= 15 is 0 Å². The first kappa shape index (κ1) is 13.6. The van der Waals surface area contributed by atoms with Gasteiger partial charge < -0.3 is 19.8 Å². The highest BCUT2D eigenvalue weighted by atomic mass is 79.9. The van der Waals surface area contributed by atoms with Gasteiger partial charge in [-0.2, -0.15) is 0 Å². The van der Waals surface area contributed by atoms with Gasteiger partial charge in [-0.15, -0.1) is 0 Å². The van der Waals surface area contributed by atoms with Crippen LogP contribution in [0.15, 0.2) is 33.0 Å². The highest BCUT2D eigenvalue weighted by Crippen LogP contribution is 2.42. The number of rotatable bonds is 2. The summed E-state index contributed by atoms with van der Waals surface area (Å²) in [6, 6.07) is 3.81. The van der Waals surface area contributed by atoms with Gasteiger partial charge in [0.05, 0.1) is 0 Å². The number of nitrogens with zero attached hydrogens (tertiary/aromatic N) is 4. The van der Waals surface area contributed by atoms with Crippen LogP contribution in [0.5, 0.6) is 11.5 Å². The van der Waals surface area contributed by atoms with E-state index in [1.807, 2.05) is 23.7 Å². The molecule has 0 amide bonds. The van der Waals surface area contributed by atoms with Crippen LogP contribution in [0.2, 0.25) is 0 Å². The monoisotopic (exact) mass is 379 g/mol. The molecule has 2 N–H and O–H groups in total. The minimum absolute atomic E-state index is 0.244. The van der Waals surface area contributed by atoms with Crippen molar-refractivity contribution < 1.29 is 9.47 Å². The molecule has 22 heavy (non-hydrogen) atoms. The molecule has 3 heterocycles. The molecule has 2 aromatic heterocycles. The van der Waals surface area contributed by atoms with Crippen molar-refractivity contribution in [3.63, 3.8) is 0 Å². The number of hydrogen-bond acceptors (Lipinski definition) is 7. The van der Waals surface area contributed by atoms with E-state index in [9.17, 15) is 0 Å². The molecule has 0 aliphatic carbocycles. The van der Waals surface area contributed by atoms with Gasteiger partial charge in [0.1, 0.15) is 6.33 Å². The van der Waals surface area contributed by atoms with Crippen molar-refractivity contribution in [2.45, 2.75) is 10.1 Å². The average Bonchev–Trinajstić information content (AvgIpc) is 3.06. The van der Waals surface area contributed by atoms with E-state index in [0.29, 0.717) is 17.0 Å². The number of aryl methyl sites for hydroxylation is 1. The van der Waals surface area contributed by atoms with Crippen molar-refractivity contribution in [1.29, 1.82) is 0 Å². The van der Waals surface area contributed by atoms with Crippen LogP contribution in [-0.2, 0) is 7.05 Å². The molecular formula is C13H10BrN5O2S. The summed E-state index contributed by atoms with van der Waals surface area (Å²) < 4.78 is 13.6. The van der Waals surface area contributed by atoms with Crippen molar-refractivity contribution >= 4 is 44.7 Å². The maximum Gasteiger partial charge on any atom is 0.231 e. The first-order valence-electron chi connectivity index (χ1n) is 6.33. The SMILES string of the molecule is Cn1c(Sc2cc3c(cc2Br)OCO3)nc2c(N)ncnc21. The summed E-state index contributed by atoms with van der Waals surface area (Å²) in [5, 5.41) is 0.766. The second-order valence-electron chi connectivity index (χ2n) is 4.62. The second kappa shape index (κ2) is 5.03. The lowest BCUT2D eigenvalue weighted by Gasteiger charge is -2.06. The summed E-state index contributed by atoms with van der Waals surface area (Å²) in [6.07, 6.45) is 1.43. The third-order valence-electron chi connectivity index (χ3n) is 3.27. The number of nitrogens with two attached hydrogens (primary N) is 1. The lowest BCUT2D eigenvalue weighted by molar-refractivity contribution is 0.174. The fourth-order valence-electron chi connectivity index (χ4n) is 2.16. The van der Waals surface area contributed by atoms with Crippen LogP contribution < -0.4 is 15.2 Å². The smallest absolute Gasteiger partial charge is 0.231 e. The number of hydrogen-bond donors (Lipinski definition) is 1. The van der Waals surface area contributed by atoms with E-state index in [2.05, 4.69) is 30.9 Å². The number of anilines is 1. The number of halogens is 1. The maximum atomic E-state index is 5.85. The molecule has 0 fully saturated rings. The molecule has 9 heteroatoms. The van der Waals surface area contributed by atoms with Crippen molar-refractivity contribution in [2.24, 2.45) is 7.05 Å². The fraction of sp³-hybridized carbons (Fsp3) is 0.154. The molecule has 0 spiro atoms. The van der Waals surface area contributed by atoms with E-state index in [0.717, 1.165) is 26.0 Å². The number of fused-ring (bicyclic) bond motifs is 2. The molecule has 0 unspecified atom stereocenters. The summed E-state index contributed by atoms with van der Waals surface area (Å²) in [5.74, 6) is 1.83. The Kier molecular flexibility index (Phi) is 3.12. The number of ether oxygens (including phenoxy) is 2. The summed E-state index contributed by atoms with van der Waals surface area (Å²) >= 11 is 5.03. The molecule has 7 nitrogen and oxygen atoms in total. The zero-order valence-electron chi connectivity index (χ0n) is 11.4. The maximum absolute atomic E-state index is 5.85. The minimum Gasteiger partial charge on any atom is -0.454 e. The van der Waals surface area contributed by atoms with E-state index < -0.39 is 0 Å². The number of imidazole rings is 1. The van der Waals surface area contributed by atoms with Gasteiger partial charge in [-0.1, -0.05) is 11.8 Å². The Labute approximate surface area is 138 Å². The number of benzene rings is 1. The number of nitrogen functional groups attached to an aromatic ring is 1. The molecule has 1 aromatic carbocycles. The standard InChI is InChI=1S/C13H10BrN5O2S/c1-19-12-10(11(15)16-4-17-12)18-13(19)22-9-3-8-7(2-6(9)14)20-5-21-8/h2-4H,5H2,1H3,(H2,15,16,17). The van der Waals surface area contributed by atoms with Gasteiger partial charge >= 0.3 is 0 Å². The Bertz CT molecular complexity index is 898. The van der Waals surface area contributed by atoms with Crippen molar-refractivity contribution in [3.05, 3.63) is 22.9 Å². The Morgan fingerprint density at radius 2 is 2.05 bits per heavy atom. The van der Waals surface area contributed by atoms with E-state index in [1.165, 1.54) is 18.1 Å². The zero-order valence-corrected chi connectivity index (χ0v) is 13.8. The molecule has 3 aromatic rings. The zero-order chi connectivity index (χ0) is 15.3. The van der Waals surface area contributed by atoms with Crippen LogP contribution in [0.25, 0.3) is 11.2 Å². The van der Waals surface area contributed by atoms with Crippen LogP contribution in [0, 0.1) is 0 Å². The van der Waals surface area contributed by atoms with Crippen LogP contribution in [0.1, 0.15) is 0 Å². The van der Waals surface area contributed by atoms with Gasteiger partial charge in [0.2, 0.25) is 6.79 Å². The van der Waals surface area contributed by atoms with E-state index in [1.54, 1.807) is 0 Å². The number of aromatic nitrogens is 4. The summed E-state index contributed by atoms with van der Waals surface area (Å²) in [6.45, 7) is 0.244. The lowest BCUT2D eigenvalue weighted by Crippen LogP contribution is -1.95. The quantitative estimate of drug-likeness (QED) is 0.731. The highest BCUT2D eigenvalue weighted by Gasteiger charge is 2.19. The lowest BCUT2D eigenvalue weighted by atomic mass is 10.3. The Morgan fingerprint density at radius 3 is 2.82 bits per heavy atom. The van der Waals surface area contributed by atoms with E-state index in [-0.39, 0.29) is 6.79 Å². The minimum atomic E-state index is 0.244. The second-order valence-corrected chi connectivity index (χ2v) is 6.49. The van der Waals surface area contributed by atoms with E-state index in [4.69, 9.17) is 15.2 Å². The first-order valence-corrected chi connectivity index (χ1v) is 7.94. The summed E-state index contributed by atoms with van der Waals surface area (Å²) in [4.78, 5) is 13.7. The third kappa shape index (κ3) is 2.08. The Hall–Kier alpha value is -2.00. The van der Waals surface area contributed by atoms with Gasteiger partial charge in [0, 0.05) is 16.4 Å². The van der Waals surface area contributed by atoms with Crippen LogP contribution in [0.3, 0.4) is 0 Å². The van der Waals surface area contributed by atoms with Crippen molar-refractivity contribution in [2.75, 3.05) is 12.5 Å². The molecule has 0 atom stereocenters. The van der Waals surface area contributed by atoms with Gasteiger partial charge in [-0.05, 0) is 28.1 Å². The largest absolute Gasteiger partial charge is 0.454 e. The molecular weight excluding hydrogens is 370 g/mol. The first-order chi connectivity index (χ1) is 10.6.